The molecule has 0 radical (unpaired) electrons. The zero-order valence-corrected chi connectivity index (χ0v) is 67.8. The van der Waals surface area contributed by atoms with Crippen molar-refractivity contribution in [2.24, 2.45) is 23.7 Å². The average Bonchev–Trinajstić information content (AvgIpc) is 1.67. The first-order valence-corrected chi connectivity index (χ1v) is 41.5. The number of methoxy groups -OCH3 is 4. The van der Waals surface area contributed by atoms with Crippen LogP contribution in [0.4, 0.5) is 9.59 Å². The Bertz CT molecular complexity index is 4030. The van der Waals surface area contributed by atoms with Crippen molar-refractivity contribution in [2.45, 2.75) is 117 Å². The molecule has 9 heterocycles. The van der Waals surface area contributed by atoms with Crippen LogP contribution in [0.3, 0.4) is 0 Å². The summed E-state index contributed by atoms with van der Waals surface area (Å²) in [6.07, 6.45) is -13.7. The van der Waals surface area contributed by atoms with E-state index in [9.17, 15) is 39.6 Å². The number of ether oxygens (including phenoxy) is 20. The minimum Gasteiger partial charge on any atom is -1.00 e. The largest absolute Gasteiger partial charge is 1.00 e. The van der Waals surface area contributed by atoms with Crippen molar-refractivity contribution in [2.75, 3.05) is 118 Å². The number of nitrogens with one attached hydrogen (secondary N) is 2. The molecule has 2 amide bonds. The molecular formula is C73H91Cl2N5O28S5. The van der Waals surface area contributed by atoms with Crippen LogP contribution < -0.4 is 94.3 Å². The highest BCUT2D eigenvalue weighted by Gasteiger charge is 2.59. The van der Waals surface area contributed by atoms with E-state index in [1.807, 2.05) is 18.2 Å². The van der Waals surface area contributed by atoms with Gasteiger partial charge >= 0.3 is 24.1 Å². The molecule has 113 heavy (non-hydrogen) atoms. The van der Waals surface area contributed by atoms with Gasteiger partial charge in [0, 0.05) is 60.2 Å². The Labute approximate surface area is 684 Å². The number of cyclic esters (lactones) is 2. The number of carbonyl (C=O) groups is 4. The summed E-state index contributed by atoms with van der Waals surface area (Å²) in [5.74, 6) is 1.08. The Kier molecular flexibility index (Phi) is 31.1. The summed E-state index contributed by atoms with van der Waals surface area (Å²) < 4.78 is 117. The summed E-state index contributed by atoms with van der Waals surface area (Å²) in [6, 6.07) is 19.7. The number of esters is 2. The van der Waals surface area contributed by atoms with Crippen molar-refractivity contribution >= 4 is 79.9 Å². The highest BCUT2D eigenvalue weighted by Crippen LogP contribution is 2.60. The van der Waals surface area contributed by atoms with E-state index in [0.29, 0.717) is 81.0 Å². The number of aliphatic hydroxyl groups excluding tert-OH is 4. The summed E-state index contributed by atoms with van der Waals surface area (Å²) in [5, 5.41) is 50.8. The molecule has 15 rings (SSSR count). The Morgan fingerprint density at radius 1 is 0.540 bits per heavy atom. The molecule has 0 spiro atoms. The molecule has 33 nitrogen and oxygen atoms in total. The molecule has 6 fully saturated rings. The molecule has 620 valence electrons. The SMILES string of the molecule is COc1cc([C@@H]2c3cc4c(cc3[C@@H](OC3OC5COC(C)OC5C(O)C3O)[C@H]3COC(=O)[C@H]23)OCO4)cc(OC)c1OC(=O)NCCSSCC[NH3+].COc1cc([C@@H]2c3cc4c(cc3[C@@H](OC3OC5COC(C)OC5C(O)C3O)[C@H]3COC(=O)[C@H]23)OCO4)cc(OC)c1OC(=O)NCCSSc1ccccn1.[Cl-].[Cl-].[NH3+]CCS. The second kappa shape index (κ2) is 40.2. The summed E-state index contributed by atoms with van der Waals surface area (Å²) in [7, 11) is 12.1. The van der Waals surface area contributed by atoms with E-state index in [0.717, 1.165) is 29.6 Å². The quantitative estimate of drug-likeness (QED) is 0.0141. The maximum Gasteiger partial charge on any atom is 0.412 e. The first-order chi connectivity index (χ1) is 53.9. The van der Waals surface area contributed by atoms with Gasteiger partial charge in [-0.2, -0.15) is 12.6 Å². The maximum atomic E-state index is 13.7. The molecule has 6 saturated heterocycles. The first-order valence-electron chi connectivity index (χ1n) is 36.0. The second-order valence-corrected chi connectivity index (χ2v) is 32.3. The van der Waals surface area contributed by atoms with Crippen molar-refractivity contribution in [3.63, 3.8) is 0 Å². The monoisotopic (exact) mass is 1720 g/mol. The zero-order chi connectivity index (χ0) is 78.1. The predicted molar refractivity (Wildman–Crippen MR) is 398 cm³/mol. The summed E-state index contributed by atoms with van der Waals surface area (Å²) in [4.78, 5) is 57.4. The van der Waals surface area contributed by atoms with E-state index < -0.39 is 146 Å². The van der Waals surface area contributed by atoms with E-state index in [4.69, 9.17) is 94.7 Å². The number of quaternary nitrogens is 2. The molecular weight excluding hydrogens is 1630 g/mol. The minimum atomic E-state index is -1.47. The number of fused-ring (bicyclic) bond motifs is 8. The fourth-order valence-electron chi connectivity index (χ4n) is 15.0. The Balaban J connectivity index is 0.000000210. The van der Waals surface area contributed by atoms with Crippen LogP contribution in [0.25, 0.3) is 0 Å². The number of aliphatic hydroxyl groups is 4. The summed E-state index contributed by atoms with van der Waals surface area (Å²) >= 11 is 3.86. The van der Waals surface area contributed by atoms with Crippen LogP contribution in [0.2, 0.25) is 0 Å². The maximum absolute atomic E-state index is 13.7. The second-order valence-electron chi connectivity index (χ2n) is 26.7. The lowest BCUT2D eigenvalue weighted by molar-refractivity contribution is -0.364. The van der Waals surface area contributed by atoms with Gasteiger partial charge in [0.15, 0.2) is 71.2 Å². The number of carbonyl (C=O) groups excluding carboxylic acids is 4. The van der Waals surface area contributed by atoms with Gasteiger partial charge in [0.25, 0.3) is 0 Å². The van der Waals surface area contributed by atoms with Gasteiger partial charge in [-0.25, -0.2) is 14.6 Å². The number of amides is 2. The number of aromatic nitrogens is 1. The number of halogens is 2. The van der Waals surface area contributed by atoms with Gasteiger partial charge in [0.05, 0.1) is 97.8 Å². The molecule has 40 heteroatoms. The smallest absolute Gasteiger partial charge is 0.412 e. The lowest BCUT2D eigenvalue weighted by atomic mass is 9.66. The number of rotatable bonds is 24. The fourth-order valence-corrected chi connectivity index (χ4v) is 18.6. The Hall–Kier alpha value is -6.32. The van der Waals surface area contributed by atoms with Crippen LogP contribution in [-0.2, 0) is 57.0 Å². The molecule has 0 bridgehead atoms. The number of nitrogens with zero attached hydrogens (tertiary/aromatic N) is 1. The molecule has 20 atom stereocenters. The molecule has 12 unspecified atom stereocenters. The Morgan fingerprint density at radius 2 is 0.947 bits per heavy atom. The van der Waals surface area contributed by atoms with Gasteiger partial charge in [-0.05, 0) is 119 Å². The minimum absolute atomic E-state index is 0. The van der Waals surface area contributed by atoms with E-state index in [2.05, 4.69) is 39.7 Å². The molecule has 1 aromatic heterocycles. The lowest BCUT2D eigenvalue weighted by Crippen LogP contribution is -3.00. The highest BCUT2D eigenvalue weighted by atomic mass is 35.5. The van der Waals surface area contributed by atoms with Crippen molar-refractivity contribution in [3.8, 4) is 57.5 Å². The number of hydrogen-bond acceptors (Lipinski definition) is 34. The third kappa shape index (κ3) is 19.3. The number of thiol groups is 1. The lowest BCUT2D eigenvalue weighted by Gasteiger charge is -2.47. The van der Waals surface area contributed by atoms with E-state index in [1.165, 1.54) is 39.2 Å². The van der Waals surface area contributed by atoms with Crippen LogP contribution in [0.15, 0.2) is 78.0 Å². The third-order valence-corrected chi connectivity index (χ3v) is 25.1. The van der Waals surface area contributed by atoms with Crippen LogP contribution >= 0.6 is 55.8 Å². The third-order valence-electron chi connectivity index (χ3n) is 20.0. The molecule has 12 N–H and O–H groups in total. The van der Waals surface area contributed by atoms with Crippen LogP contribution in [0, 0.1) is 23.7 Å². The van der Waals surface area contributed by atoms with Gasteiger partial charge in [-0.1, -0.05) is 38.4 Å². The topological polar surface area (TPSA) is 426 Å². The number of hydrogen-bond donors (Lipinski definition) is 9. The van der Waals surface area contributed by atoms with E-state index in [-0.39, 0.29) is 99.3 Å². The number of pyridine rings is 1. The zero-order valence-electron chi connectivity index (χ0n) is 62.2. The molecule has 2 aliphatic carbocycles. The molecule has 4 aromatic carbocycles. The fraction of sp³-hybridized carbons (Fsp3) is 0.548. The van der Waals surface area contributed by atoms with E-state index >= 15 is 0 Å². The average molecular weight is 1720 g/mol. The van der Waals surface area contributed by atoms with Crippen molar-refractivity contribution in [1.29, 1.82) is 0 Å². The van der Waals surface area contributed by atoms with Gasteiger partial charge in [-0.15, -0.1) is 0 Å². The highest BCUT2D eigenvalue weighted by molar-refractivity contribution is 8.77. The van der Waals surface area contributed by atoms with Crippen LogP contribution in [0.5, 0.6) is 57.5 Å². The molecule has 5 aromatic rings. The van der Waals surface area contributed by atoms with Crippen molar-refractivity contribution < 1.29 is 171 Å². The summed E-state index contributed by atoms with van der Waals surface area (Å²) in [6.45, 7) is 6.17. The molecule has 0 saturated carbocycles. The van der Waals surface area contributed by atoms with Gasteiger partial charge in [0.2, 0.25) is 25.1 Å². The van der Waals surface area contributed by atoms with E-state index in [1.54, 1.807) is 101 Å². The normalized spacial score (nSPS) is 29.6. The standard InChI is InChI=1S/C37H40N2O14S2.C34H42N2O14S2.C2H7NS.2ClH/c1-17-46-15-26-34(50-17)30(40)31(41)36(51-26)52-32-20-13-23-22(48-16-49-23)12-19(20)28(29-21(32)14-47-35(29)42)18-10-24(44-2)33(25(11-18)45-3)53-37(43)39-8-9-54-55-27-6-4-5-7-38-27;1-15-43-13-24-31(47-15)27(37)28(38)33(48-24)49-29-18-11-21-20(45-14-46-21)10-17(18)25(26-19(29)12-44-32(26)39)16-8-22(41-2)30(23(9-16)42-3)50-34(40)36-5-7-52-51-6-4-35;3-1-2-4;;/h4-7,10-13,17,21,26,28-32,34,36,40-41H,8-9,14-16H2,1-3H3,(H,39,43);8-11,15,19,24-29,31,33,37-38H,4-7,12-14,35H2,1-3H3,(H,36,40);4H,1-3H2;2*1H/t17?,21-,26?,28+,29-,30?,31?,32+,34?,36?;15?,19-,24?,25+,26-,27?,28?,29+,31?,33?;;;/m00.../s1. The van der Waals surface area contributed by atoms with Gasteiger partial charge in [0.1, 0.15) is 53.9 Å². The predicted octanol–water partition coefficient (Wildman–Crippen LogP) is -1.93. The number of benzene rings is 4. The molecule has 8 aliphatic heterocycles. The van der Waals surface area contributed by atoms with Gasteiger partial charge < -0.3 is 162 Å². The Morgan fingerprint density at radius 3 is 1.34 bits per heavy atom. The molecule has 10 aliphatic rings. The van der Waals surface area contributed by atoms with Crippen LogP contribution in [-0.4, -0.2) is 241 Å². The first kappa shape index (κ1) is 87.5. The summed E-state index contributed by atoms with van der Waals surface area (Å²) in [5.41, 5.74) is 11.2. The van der Waals surface area contributed by atoms with Crippen LogP contribution in [0.1, 0.15) is 71.3 Å². The van der Waals surface area contributed by atoms with Crippen molar-refractivity contribution in [1.82, 2.24) is 15.6 Å². The van der Waals surface area contributed by atoms with Crippen molar-refractivity contribution in [3.05, 3.63) is 106 Å². The van der Waals surface area contributed by atoms with Gasteiger partial charge in [-0.3, -0.25) is 9.59 Å².